The molecule has 0 saturated heterocycles. The second kappa shape index (κ2) is 7.41. The Hall–Kier alpha value is -2.78. The minimum Gasteiger partial charge on any atom is -0.468 e. The molecule has 0 unspecified atom stereocenters. The Kier molecular flexibility index (Phi) is 5.50. The van der Waals surface area contributed by atoms with E-state index in [9.17, 15) is 23.3 Å². The van der Waals surface area contributed by atoms with Crippen LogP contribution in [0.15, 0.2) is 53.4 Å². The molecule has 0 aromatic heterocycles. The largest absolute Gasteiger partial charge is 0.468 e. The van der Waals surface area contributed by atoms with E-state index in [-0.39, 0.29) is 10.6 Å². The van der Waals surface area contributed by atoms with Gasteiger partial charge in [0.05, 0.1) is 16.9 Å². The number of aryl methyl sites for hydroxylation is 1. The van der Waals surface area contributed by atoms with Crippen molar-refractivity contribution in [2.75, 3.05) is 7.11 Å². The van der Waals surface area contributed by atoms with Crippen LogP contribution in [0.25, 0.3) is 0 Å². The van der Waals surface area contributed by atoms with Crippen molar-refractivity contribution in [2.45, 2.75) is 17.9 Å². The van der Waals surface area contributed by atoms with Crippen LogP contribution in [-0.2, 0) is 19.6 Å². The quantitative estimate of drug-likeness (QED) is 0.477. The summed E-state index contributed by atoms with van der Waals surface area (Å²) in [5.41, 5.74) is 0.344. The SMILES string of the molecule is COC(=O)[C@@H](NS(=O)(=O)c1cc([N+](=O)[O-])ccc1C)c1ccccc1. The number of methoxy groups -OCH3 is 1. The summed E-state index contributed by atoms with van der Waals surface area (Å²) in [5, 5.41) is 10.9. The molecular formula is C16H16N2O6S. The Bertz CT molecular complexity index is 896. The Morgan fingerprint density at radius 3 is 2.40 bits per heavy atom. The van der Waals surface area contributed by atoms with E-state index >= 15 is 0 Å². The maximum Gasteiger partial charge on any atom is 0.328 e. The third-order valence-corrected chi connectivity index (χ3v) is 5.08. The molecule has 0 fully saturated rings. The van der Waals surface area contributed by atoms with E-state index in [1.165, 1.54) is 19.1 Å². The summed E-state index contributed by atoms with van der Waals surface area (Å²) in [6.45, 7) is 1.51. The maximum absolute atomic E-state index is 12.7. The van der Waals surface area contributed by atoms with Crippen molar-refractivity contribution in [1.29, 1.82) is 0 Å². The molecule has 0 aliphatic carbocycles. The lowest BCUT2D eigenvalue weighted by molar-refractivity contribution is -0.385. The number of nitro benzene ring substituents is 1. The first-order chi connectivity index (χ1) is 11.8. The number of benzene rings is 2. The van der Waals surface area contributed by atoms with Crippen molar-refractivity contribution in [1.82, 2.24) is 4.72 Å². The lowest BCUT2D eigenvalue weighted by Crippen LogP contribution is -2.34. The third kappa shape index (κ3) is 4.20. The zero-order valence-electron chi connectivity index (χ0n) is 13.5. The predicted octanol–water partition coefficient (Wildman–Crippen LogP) is 2.10. The highest BCUT2D eigenvalue weighted by Crippen LogP contribution is 2.24. The van der Waals surface area contributed by atoms with Gasteiger partial charge in [-0.25, -0.2) is 13.2 Å². The number of carbonyl (C=O) groups is 1. The summed E-state index contributed by atoms with van der Waals surface area (Å²) >= 11 is 0. The number of hydrogen-bond acceptors (Lipinski definition) is 6. The van der Waals surface area contributed by atoms with Gasteiger partial charge in [0.1, 0.15) is 6.04 Å². The summed E-state index contributed by atoms with van der Waals surface area (Å²) in [6.07, 6.45) is 0. The van der Waals surface area contributed by atoms with E-state index in [0.29, 0.717) is 11.1 Å². The number of rotatable bonds is 6. The fourth-order valence-corrected chi connectivity index (χ4v) is 3.66. The number of nitrogens with zero attached hydrogens (tertiary/aromatic N) is 1. The van der Waals surface area contributed by atoms with Crippen molar-refractivity contribution in [3.05, 3.63) is 69.8 Å². The molecule has 132 valence electrons. The summed E-state index contributed by atoms with van der Waals surface area (Å²) < 4.78 is 32.3. The van der Waals surface area contributed by atoms with Gasteiger partial charge >= 0.3 is 5.97 Å². The lowest BCUT2D eigenvalue weighted by Gasteiger charge is -2.17. The van der Waals surface area contributed by atoms with Crippen molar-refractivity contribution >= 4 is 21.7 Å². The van der Waals surface area contributed by atoms with Gasteiger partial charge in [-0.05, 0) is 18.1 Å². The van der Waals surface area contributed by atoms with Crippen LogP contribution in [0, 0.1) is 17.0 Å². The zero-order chi connectivity index (χ0) is 18.6. The van der Waals surface area contributed by atoms with Gasteiger partial charge < -0.3 is 4.74 Å². The number of esters is 1. The van der Waals surface area contributed by atoms with Gasteiger partial charge in [0.2, 0.25) is 10.0 Å². The Morgan fingerprint density at radius 2 is 1.84 bits per heavy atom. The van der Waals surface area contributed by atoms with Crippen LogP contribution in [0.3, 0.4) is 0 Å². The number of ether oxygens (including phenoxy) is 1. The minimum absolute atomic E-state index is 0.272. The average Bonchev–Trinajstić information content (AvgIpc) is 2.59. The number of nitro groups is 1. The number of hydrogen-bond donors (Lipinski definition) is 1. The molecule has 1 N–H and O–H groups in total. The van der Waals surface area contributed by atoms with Gasteiger partial charge in [0.15, 0.2) is 0 Å². The van der Waals surface area contributed by atoms with Crippen LogP contribution in [0.2, 0.25) is 0 Å². The van der Waals surface area contributed by atoms with Gasteiger partial charge in [-0.1, -0.05) is 36.4 Å². The molecule has 9 heteroatoms. The smallest absolute Gasteiger partial charge is 0.328 e. The van der Waals surface area contributed by atoms with E-state index in [0.717, 1.165) is 13.2 Å². The lowest BCUT2D eigenvalue weighted by atomic mass is 10.1. The number of non-ortho nitro benzene ring substituents is 1. The van der Waals surface area contributed by atoms with E-state index in [1.807, 2.05) is 0 Å². The fourth-order valence-electron chi connectivity index (χ4n) is 2.23. The zero-order valence-corrected chi connectivity index (χ0v) is 14.3. The highest BCUT2D eigenvalue weighted by atomic mass is 32.2. The van der Waals surface area contributed by atoms with Crippen LogP contribution < -0.4 is 4.72 Å². The van der Waals surface area contributed by atoms with E-state index in [4.69, 9.17) is 0 Å². The predicted molar refractivity (Wildman–Crippen MR) is 89.4 cm³/mol. The molecule has 0 heterocycles. The summed E-state index contributed by atoms with van der Waals surface area (Å²) in [6, 6.07) is 10.4. The van der Waals surface area contributed by atoms with Gasteiger partial charge in [-0.3, -0.25) is 10.1 Å². The van der Waals surface area contributed by atoms with Gasteiger partial charge in [0, 0.05) is 12.1 Å². The van der Waals surface area contributed by atoms with Crippen molar-refractivity contribution in [3.63, 3.8) is 0 Å². The minimum atomic E-state index is -4.20. The van der Waals surface area contributed by atoms with Crippen LogP contribution in [-0.4, -0.2) is 26.4 Å². The van der Waals surface area contributed by atoms with E-state index in [1.54, 1.807) is 30.3 Å². The summed E-state index contributed by atoms with van der Waals surface area (Å²) in [7, 11) is -3.06. The Morgan fingerprint density at radius 1 is 1.20 bits per heavy atom. The summed E-state index contributed by atoms with van der Waals surface area (Å²) in [5.74, 6) is -0.794. The topological polar surface area (TPSA) is 116 Å². The maximum atomic E-state index is 12.7. The second-order valence-corrected chi connectivity index (χ2v) is 6.88. The van der Waals surface area contributed by atoms with Crippen LogP contribution >= 0.6 is 0 Å². The van der Waals surface area contributed by atoms with Gasteiger partial charge in [-0.2, -0.15) is 4.72 Å². The molecule has 0 radical (unpaired) electrons. The first-order valence-corrected chi connectivity index (χ1v) is 8.64. The van der Waals surface area contributed by atoms with Crippen molar-refractivity contribution in [3.8, 4) is 0 Å². The van der Waals surface area contributed by atoms with Crippen LogP contribution in [0.4, 0.5) is 5.69 Å². The first kappa shape index (κ1) is 18.6. The molecule has 0 aliphatic rings. The fraction of sp³-hybridized carbons (Fsp3) is 0.188. The monoisotopic (exact) mass is 364 g/mol. The molecule has 0 aliphatic heterocycles. The van der Waals surface area contributed by atoms with E-state index in [2.05, 4.69) is 9.46 Å². The van der Waals surface area contributed by atoms with Crippen molar-refractivity contribution in [2.24, 2.45) is 0 Å². The Labute approximate surface area is 144 Å². The highest BCUT2D eigenvalue weighted by molar-refractivity contribution is 7.89. The standard InChI is InChI=1S/C16H16N2O6S/c1-11-8-9-13(18(20)21)10-14(11)25(22,23)17-15(16(19)24-2)12-6-4-3-5-7-12/h3-10,15,17H,1-2H3/t15-/m0/s1. The molecule has 2 aromatic rings. The molecule has 2 aromatic carbocycles. The molecule has 0 spiro atoms. The summed E-state index contributed by atoms with van der Waals surface area (Å²) in [4.78, 5) is 22.0. The number of sulfonamides is 1. The number of nitrogens with one attached hydrogen (secondary N) is 1. The van der Waals surface area contributed by atoms with Gasteiger partial charge in [0.25, 0.3) is 5.69 Å². The van der Waals surface area contributed by atoms with E-state index < -0.39 is 27.0 Å². The molecule has 8 nitrogen and oxygen atoms in total. The highest BCUT2D eigenvalue weighted by Gasteiger charge is 2.29. The van der Waals surface area contributed by atoms with Crippen molar-refractivity contribution < 1.29 is 22.9 Å². The van der Waals surface area contributed by atoms with Crippen LogP contribution in [0.5, 0.6) is 0 Å². The molecule has 0 bridgehead atoms. The van der Waals surface area contributed by atoms with Gasteiger partial charge in [-0.15, -0.1) is 0 Å². The van der Waals surface area contributed by atoms with Crippen LogP contribution in [0.1, 0.15) is 17.2 Å². The molecule has 2 rings (SSSR count). The first-order valence-electron chi connectivity index (χ1n) is 7.16. The third-order valence-electron chi connectivity index (χ3n) is 3.51. The molecule has 1 atom stereocenters. The molecule has 0 saturated carbocycles. The Balaban J connectivity index is 2.46. The molecular weight excluding hydrogens is 348 g/mol. The average molecular weight is 364 g/mol. The molecule has 0 amide bonds. The normalized spacial score (nSPS) is 12.4. The second-order valence-electron chi connectivity index (χ2n) is 5.20. The molecule has 25 heavy (non-hydrogen) atoms. The number of carbonyl (C=O) groups excluding carboxylic acids is 1.